The molecule has 0 radical (unpaired) electrons. The maximum Gasteiger partial charge on any atom is 2.00 e. The fourth-order valence-electron chi connectivity index (χ4n) is 3.48. The number of hydrogen-bond donors (Lipinski definition) is 0. The molecule has 0 unspecified atom stereocenters. The van der Waals surface area contributed by atoms with Gasteiger partial charge in [0.25, 0.3) is 5.82 Å². The molecule has 3 heterocycles. The van der Waals surface area contributed by atoms with Gasteiger partial charge >= 0.3 is 26.9 Å². The van der Waals surface area contributed by atoms with Crippen LogP contribution < -0.4 is 4.90 Å². The van der Waals surface area contributed by atoms with Gasteiger partial charge in [-0.25, -0.2) is 0 Å². The Hall–Kier alpha value is -3.04. The van der Waals surface area contributed by atoms with Gasteiger partial charge < -0.3 is 4.57 Å². The van der Waals surface area contributed by atoms with E-state index in [2.05, 4.69) is 40.5 Å². The van der Waals surface area contributed by atoms with Crippen LogP contribution in [0.25, 0.3) is 5.69 Å². The van der Waals surface area contributed by atoms with Crippen LogP contribution >= 0.6 is 0 Å². The molecule has 5 rings (SSSR count). The van der Waals surface area contributed by atoms with Crippen LogP contribution in [-0.4, -0.2) is 27.3 Å². The molecule has 30 heavy (non-hydrogen) atoms. The van der Waals surface area contributed by atoms with E-state index in [9.17, 15) is 0 Å². The first-order valence-electron chi connectivity index (χ1n) is 9.73. The van der Waals surface area contributed by atoms with Crippen LogP contribution in [0.15, 0.2) is 90.2 Å². The van der Waals surface area contributed by atoms with Gasteiger partial charge in [0.2, 0.25) is 0 Å². The molecule has 0 amide bonds. The third kappa shape index (κ3) is 4.12. The Bertz CT molecular complexity index is 1140. The first-order valence-corrected chi connectivity index (χ1v) is 9.73. The van der Waals surface area contributed by atoms with Crippen molar-refractivity contribution in [1.29, 1.82) is 0 Å². The zero-order chi connectivity index (χ0) is 19.5. The van der Waals surface area contributed by atoms with Crippen molar-refractivity contribution >= 4 is 23.0 Å². The third-order valence-corrected chi connectivity index (χ3v) is 4.84. The number of pyridine rings is 1. The summed E-state index contributed by atoms with van der Waals surface area (Å²) in [7, 11) is 0. The molecule has 0 saturated carbocycles. The SMILES string of the molecule is [Pt+2].[c-]1c(N(c2ccccc2)c2cccc([N+]3=NCCC3)n2)cccc1-n1[c-]ccc1. The number of hydrogen-bond acceptors (Lipinski definition) is 3. The van der Waals surface area contributed by atoms with Crippen molar-refractivity contribution in [2.45, 2.75) is 6.42 Å². The van der Waals surface area contributed by atoms with Gasteiger partial charge in [0.05, 0.1) is 6.54 Å². The molecule has 0 saturated heterocycles. The largest absolute Gasteiger partial charge is 2.00 e. The van der Waals surface area contributed by atoms with E-state index in [1.165, 1.54) is 0 Å². The second-order valence-electron chi connectivity index (χ2n) is 6.80. The molecular weight excluding hydrogens is 553 g/mol. The summed E-state index contributed by atoms with van der Waals surface area (Å²) in [6.45, 7) is 1.77. The molecule has 4 aromatic rings. The van der Waals surface area contributed by atoms with Crippen molar-refractivity contribution in [3.05, 3.63) is 97.3 Å². The standard InChI is InChI=1S/C24H20N5.Pt/c1-2-9-20(10-3-1)29(22-12-6-11-21(19-22)27-16-4-5-17-27)24-14-7-13-23(26-24)28-18-8-15-25-28;/h1-7,9-14,16H,8,15,18H2;/q-1;+2. The predicted molar refractivity (Wildman–Crippen MR) is 113 cm³/mol. The van der Waals surface area contributed by atoms with Gasteiger partial charge in [0.1, 0.15) is 6.54 Å². The van der Waals surface area contributed by atoms with E-state index < -0.39 is 0 Å². The number of nitrogens with zero attached hydrogens (tertiary/aromatic N) is 5. The van der Waals surface area contributed by atoms with Gasteiger partial charge in [0.15, 0.2) is 0 Å². The second-order valence-corrected chi connectivity index (χ2v) is 6.80. The molecule has 0 aliphatic carbocycles. The molecule has 150 valence electrons. The van der Waals surface area contributed by atoms with Crippen molar-refractivity contribution in [2.24, 2.45) is 5.11 Å². The molecule has 2 aromatic carbocycles. The Balaban J connectivity index is 0.00000218. The zero-order valence-corrected chi connectivity index (χ0v) is 18.5. The minimum absolute atomic E-state index is 0. The Kier molecular flexibility index (Phi) is 6.20. The summed E-state index contributed by atoms with van der Waals surface area (Å²) in [6, 6.07) is 29.8. The molecule has 1 aliphatic heterocycles. The van der Waals surface area contributed by atoms with E-state index in [-0.39, 0.29) is 21.1 Å². The van der Waals surface area contributed by atoms with Gasteiger partial charge in [-0.2, -0.15) is 30.0 Å². The Morgan fingerprint density at radius 2 is 1.80 bits per heavy atom. The van der Waals surface area contributed by atoms with Crippen molar-refractivity contribution in [3.8, 4) is 5.69 Å². The van der Waals surface area contributed by atoms with Crippen molar-refractivity contribution in [2.75, 3.05) is 18.0 Å². The molecular formula is C24H20N5Pt+. The molecule has 0 atom stereocenters. The topological polar surface area (TPSA) is 36.4 Å². The van der Waals surface area contributed by atoms with E-state index in [0.717, 1.165) is 48.2 Å². The third-order valence-electron chi connectivity index (χ3n) is 4.84. The molecule has 2 aromatic heterocycles. The van der Waals surface area contributed by atoms with Gasteiger partial charge in [-0.3, -0.25) is 4.90 Å². The van der Waals surface area contributed by atoms with Crippen LogP contribution in [0.5, 0.6) is 0 Å². The monoisotopic (exact) mass is 573 g/mol. The Morgan fingerprint density at radius 3 is 2.57 bits per heavy atom. The van der Waals surface area contributed by atoms with Gasteiger partial charge in [-0.15, -0.1) is 28.1 Å². The van der Waals surface area contributed by atoms with Crippen LogP contribution in [0.3, 0.4) is 0 Å². The summed E-state index contributed by atoms with van der Waals surface area (Å²) < 4.78 is 3.92. The van der Waals surface area contributed by atoms with E-state index in [4.69, 9.17) is 4.98 Å². The average Bonchev–Trinajstić information content (AvgIpc) is 3.50. The fraction of sp³-hybridized carbons (Fsp3) is 0.125. The summed E-state index contributed by atoms with van der Waals surface area (Å²) in [5.41, 5.74) is 2.87. The normalized spacial score (nSPS) is 12.9. The van der Waals surface area contributed by atoms with Crippen molar-refractivity contribution in [1.82, 2.24) is 9.55 Å². The number of para-hydroxylation sites is 1. The first-order chi connectivity index (χ1) is 14.4. The summed E-state index contributed by atoms with van der Waals surface area (Å²) in [5.74, 6) is 1.71. The summed E-state index contributed by atoms with van der Waals surface area (Å²) in [5, 5.41) is 4.54. The van der Waals surface area contributed by atoms with E-state index in [0.29, 0.717) is 0 Å². The number of benzene rings is 2. The molecule has 0 bridgehead atoms. The molecule has 0 fully saturated rings. The molecule has 0 N–H and O–H groups in total. The number of anilines is 3. The van der Waals surface area contributed by atoms with Crippen LogP contribution in [-0.2, 0) is 21.1 Å². The Labute approximate surface area is 190 Å². The molecule has 0 spiro atoms. The quantitative estimate of drug-likeness (QED) is 0.236. The van der Waals surface area contributed by atoms with Crippen LogP contribution in [0.4, 0.5) is 23.0 Å². The number of azo groups is 2. The minimum atomic E-state index is 0. The Morgan fingerprint density at radius 1 is 0.933 bits per heavy atom. The average molecular weight is 574 g/mol. The summed E-state index contributed by atoms with van der Waals surface area (Å²) in [4.78, 5) is 7.04. The van der Waals surface area contributed by atoms with Gasteiger partial charge in [-0.05, 0) is 23.2 Å². The van der Waals surface area contributed by atoms with Crippen LogP contribution in [0, 0.1) is 12.3 Å². The smallest absolute Gasteiger partial charge is 0.471 e. The van der Waals surface area contributed by atoms with Crippen molar-refractivity contribution < 1.29 is 25.8 Å². The van der Waals surface area contributed by atoms with Gasteiger partial charge in [-0.1, -0.05) is 30.1 Å². The summed E-state index contributed by atoms with van der Waals surface area (Å²) in [6.07, 6.45) is 6.21. The molecule has 5 nitrogen and oxygen atoms in total. The molecule has 6 heteroatoms. The second kappa shape index (κ2) is 9.18. The number of rotatable bonds is 5. The van der Waals surface area contributed by atoms with Crippen LogP contribution in [0.1, 0.15) is 6.42 Å². The maximum atomic E-state index is 4.92. The predicted octanol–water partition coefficient (Wildman–Crippen LogP) is 5.44. The van der Waals surface area contributed by atoms with Crippen molar-refractivity contribution in [3.63, 3.8) is 0 Å². The number of aromatic nitrogens is 2. The zero-order valence-electron chi connectivity index (χ0n) is 16.3. The van der Waals surface area contributed by atoms with Gasteiger partial charge in [0, 0.05) is 24.2 Å². The van der Waals surface area contributed by atoms with E-state index in [1.54, 1.807) is 0 Å². The van der Waals surface area contributed by atoms with E-state index in [1.807, 2.05) is 76.1 Å². The van der Waals surface area contributed by atoms with Crippen LogP contribution in [0.2, 0.25) is 0 Å². The first kappa shape index (κ1) is 20.2. The van der Waals surface area contributed by atoms with E-state index >= 15 is 0 Å². The molecule has 1 aliphatic rings. The summed E-state index contributed by atoms with van der Waals surface area (Å²) >= 11 is 0. The fourth-order valence-corrected chi connectivity index (χ4v) is 3.48. The maximum absolute atomic E-state index is 4.92. The minimum Gasteiger partial charge on any atom is -0.471 e.